The number of nitrogens with zero attached hydrogens (tertiary/aromatic N) is 3. The van der Waals surface area contributed by atoms with Crippen LogP contribution in [0, 0.1) is 15.9 Å². The van der Waals surface area contributed by atoms with Gasteiger partial charge in [0, 0.05) is 17.8 Å². The number of rotatable bonds is 11. The summed E-state index contributed by atoms with van der Waals surface area (Å²) in [5.74, 6) is -0.297. The molecule has 46 heavy (non-hydrogen) atoms. The van der Waals surface area contributed by atoms with Crippen LogP contribution in [0.3, 0.4) is 0 Å². The normalized spacial score (nSPS) is 14.2. The van der Waals surface area contributed by atoms with E-state index in [1.54, 1.807) is 30.3 Å². The van der Waals surface area contributed by atoms with Gasteiger partial charge in [0.25, 0.3) is 5.56 Å². The van der Waals surface area contributed by atoms with Crippen molar-refractivity contribution in [3.8, 4) is 17.2 Å². The van der Waals surface area contributed by atoms with Gasteiger partial charge in [0.15, 0.2) is 16.3 Å². The second-order valence-corrected chi connectivity index (χ2v) is 11.6. The van der Waals surface area contributed by atoms with E-state index in [-0.39, 0.29) is 38.2 Å². The van der Waals surface area contributed by atoms with E-state index in [9.17, 15) is 24.1 Å². The van der Waals surface area contributed by atoms with E-state index in [0.29, 0.717) is 40.6 Å². The first-order valence-corrected chi connectivity index (χ1v) is 15.6. The van der Waals surface area contributed by atoms with E-state index in [2.05, 4.69) is 20.9 Å². The van der Waals surface area contributed by atoms with Crippen LogP contribution < -0.4 is 29.1 Å². The zero-order valence-electron chi connectivity index (χ0n) is 24.8. The van der Waals surface area contributed by atoms with Crippen molar-refractivity contribution in [2.75, 3.05) is 20.3 Å². The number of esters is 1. The molecule has 0 bridgehead atoms. The molecule has 0 saturated carbocycles. The molecular formula is C32H27BrFN3O8S. The van der Waals surface area contributed by atoms with Gasteiger partial charge in [-0.05, 0) is 71.2 Å². The molecule has 0 N–H and O–H groups in total. The highest BCUT2D eigenvalue weighted by Crippen LogP contribution is 2.38. The van der Waals surface area contributed by atoms with Crippen molar-refractivity contribution in [1.29, 1.82) is 0 Å². The maximum atomic E-state index is 14.1. The van der Waals surface area contributed by atoms with Gasteiger partial charge in [-0.3, -0.25) is 19.5 Å². The Morgan fingerprint density at radius 2 is 1.85 bits per heavy atom. The number of carbonyl (C=O) groups excluding carboxylic acids is 1. The minimum atomic E-state index is -0.907. The number of methoxy groups -OCH3 is 1. The fourth-order valence-electron chi connectivity index (χ4n) is 4.87. The molecule has 0 fully saturated rings. The average molecular weight is 713 g/mol. The van der Waals surface area contributed by atoms with Crippen LogP contribution in [0.4, 0.5) is 10.1 Å². The Morgan fingerprint density at radius 3 is 2.54 bits per heavy atom. The average Bonchev–Trinajstić information content (AvgIpc) is 3.35. The van der Waals surface area contributed by atoms with Crippen molar-refractivity contribution in [2.45, 2.75) is 26.5 Å². The summed E-state index contributed by atoms with van der Waals surface area (Å²) >= 11 is 4.39. The molecule has 0 amide bonds. The number of halogens is 2. The van der Waals surface area contributed by atoms with Crippen LogP contribution >= 0.6 is 27.3 Å². The summed E-state index contributed by atoms with van der Waals surface area (Å²) in [6.45, 7) is 4.22. The summed E-state index contributed by atoms with van der Waals surface area (Å²) < 4.78 is 38.1. The lowest BCUT2D eigenvalue weighted by Crippen LogP contribution is -2.39. The van der Waals surface area contributed by atoms with Crippen molar-refractivity contribution in [3.05, 3.63) is 123 Å². The number of nitro groups is 1. The molecule has 1 atom stereocenters. The monoisotopic (exact) mass is 711 g/mol. The number of aromatic nitrogens is 1. The van der Waals surface area contributed by atoms with Gasteiger partial charge in [0.05, 0.1) is 45.9 Å². The molecule has 1 aromatic heterocycles. The van der Waals surface area contributed by atoms with E-state index in [1.807, 2.05) is 13.8 Å². The maximum Gasteiger partial charge on any atom is 0.337 e. The van der Waals surface area contributed by atoms with E-state index in [0.717, 1.165) is 11.3 Å². The third kappa shape index (κ3) is 6.58. The second-order valence-electron chi connectivity index (χ2n) is 9.74. The van der Waals surface area contributed by atoms with Crippen LogP contribution in [0.5, 0.6) is 17.2 Å². The number of hydrogen-bond donors (Lipinski definition) is 0. The molecule has 0 unspecified atom stereocenters. The van der Waals surface area contributed by atoms with Crippen molar-refractivity contribution in [2.24, 2.45) is 4.99 Å². The van der Waals surface area contributed by atoms with Gasteiger partial charge in [-0.1, -0.05) is 35.6 Å². The molecule has 1 aliphatic heterocycles. The van der Waals surface area contributed by atoms with Crippen LogP contribution in [0.15, 0.2) is 80.6 Å². The number of ether oxygens (including phenoxy) is 4. The Labute approximate surface area is 274 Å². The smallest absolute Gasteiger partial charge is 0.337 e. The molecule has 1 aliphatic rings. The van der Waals surface area contributed by atoms with Crippen molar-refractivity contribution in [3.63, 3.8) is 0 Å². The lowest BCUT2D eigenvalue weighted by Gasteiger charge is -2.23. The largest absolute Gasteiger partial charge is 0.490 e. The highest BCUT2D eigenvalue weighted by atomic mass is 79.9. The van der Waals surface area contributed by atoms with Crippen LogP contribution in [0.1, 0.15) is 36.6 Å². The van der Waals surface area contributed by atoms with Gasteiger partial charge in [-0.15, -0.1) is 0 Å². The quantitative estimate of drug-likeness (QED) is 0.118. The zero-order chi connectivity index (χ0) is 33.0. The number of carbonyl (C=O) groups is 1. The predicted molar refractivity (Wildman–Crippen MR) is 171 cm³/mol. The van der Waals surface area contributed by atoms with Crippen molar-refractivity contribution in [1.82, 2.24) is 4.57 Å². The van der Waals surface area contributed by atoms with Crippen molar-refractivity contribution < 1.29 is 33.1 Å². The Bertz CT molecular complexity index is 2040. The van der Waals surface area contributed by atoms with Crippen LogP contribution in [-0.2, 0) is 16.1 Å². The molecule has 0 aliphatic carbocycles. The molecule has 11 nitrogen and oxygen atoms in total. The molecule has 0 spiro atoms. The number of fused-ring (bicyclic) bond motifs is 1. The number of hydrogen-bond acceptors (Lipinski definition) is 10. The van der Waals surface area contributed by atoms with Gasteiger partial charge in [-0.2, -0.15) is 0 Å². The zero-order valence-corrected chi connectivity index (χ0v) is 27.2. The number of benzene rings is 3. The molecule has 4 aromatic rings. The third-order valence-corrected chi connectivity index (χ3v) is 8.46. The second kappa shape index (κ2) is 14.1. The summed E-state index contributed by atoms with van der Waals surface area (Å²) in [7, 11) is 1.24. The summed E-state index contributed by atoms with van der Waals surface area (Å²) in [6, 6.07) is 13.0. The summed E-state index contributed by atoms with van der Waals surface area (Å²) in [5, 5.41) is 12.0. The number of nitro benzene ring substituents is 1. The molecule has 0 saturated heterocycles. The summed E-state index contributed by atoms with van der Waals surface area (Å²) in [4.78, 5) is 42.9. The van der Waals surface area contributed by atoms with Crippen LogP contribution in [0.25, 0.3) is 6.08 Å². The minimum absolute atomic E-state index is 0.0878. The molecule has 3 aromatic carbocycles. The van der Waals surface area contributed by atoms with E-state index < -0.39 is 28.3 Å². The summed E-state index contributed by atoms with van der Waals surface area (Å²) in [6.07, 6.45) is 2.86. The van der Waals surface area contributed by atoms with E-state index in [1.165, 1.54) is 48.2 Å². The minimum Gasteiger partial charge on any atom is -0.490 e. The number of thiazole rings is 1. The molecular weight excluding hydrogens is 685 g/mol. The molecule has 2 heterocycles. The van der Waals surface area contributed by atoms with Crippen LogP contribution in [-0.4, -0.2) is 35.8 Å². The SMILES string of the molecule is CCOc1ccc([C@H]2C(C(=O)OC)=CN=c3s/c(=C/c4cc(Br)c(OCc5ccccc5F)c([N+](=O)[O-])c4)c(=O)n32)cc1OCC. The van der Waals surface area contributed by atoms with Gasteiger partial charge in [-0.25, -0.2) is 14.2 Å². The topological polar surface area (TPSA) is 131 Å². The van der Waals surface area contributed by atoms with Gasteiger partial charge in [0.1, 0.15) is 12.4 Å². The fourth-order valence-corrected chi connectivity index (χ4v) is 6.42. The Hall–Kier alpha value is -4.82. The molecule has 14 heteroatoms. The van der Waals surface area contributed by atoms with Crippen molar-refractivity contribution >= 4 is 45.0 Å². The third-order valence-electron chi connectivity index (χ3n) is 6.88. The van der Waals surface area contributed by atoms with Gasteiger partial charge in [0.2, 0.25) is 5.75 Å². The first-order chi connectivity index (χ1) is 22.2. The Morgan fingerprint density at radius 1 is 1.11 bits per heavy atom. The maximum absolute atomic E-state index is 14.1. The highest BCUT2D eigenvalue weighted by Gasteiger charge is 2.31. The van der Waals surface area contributed by atoms with Gasteiger partial charge >= 0.3 is 11.7 Å². The lowest BCUT2D eigenvalue weighted by molar-refractivity contribution is -0.386. The standard InChI is InChI=1S/C32H27BrFN3O8S/c1-4-43-25-11-10-19(15-26(25)44-5-2)28-21(31(39)42-3)16-35-32-36(28)30(38)27(46-32)14-18-12-22(33)29(24(13-18)37(40)41)45-17-20-8-6-7-9-23(20)34/h6-16,28H,4-5,17H2,1-3H3/b27-14+/t28-/m0/s1. The molecule has 0 radical (unpaired) electrons. The van der Waals surface area contributed by atoms with E-state index in [4.69, 9.17) is 18.9 Å². The Kier molecular flexibility index (Phi) is 9.97. The highest BCUT2D eigenvalue weighted by molar-refractivity contribution is 9.10. The Balaban J connectivity index is 1.59. The summed E-state index contributed by atoms with van der Waals surface area (Å²) in [5.41, 5.74) is 0.382. The first-order valence-electron chi connectivity index (χ1n) is 14.0. The fraction of sp³-hybridized carbons (Fsp3) is 0.219. The molecule has 238 valence electrons. The van der Waals surface area contributed by atoms with Crippen LogP contribution in [0.2, 0.25) is 0 Å². The first kappa shape index (κ1) is 32.6. The predicted octanol–water partition coefficient (Wildman–Crippen LogP) is 5.20. The lowest BCUT2D eigenvalue weighted by atomic mass is 9.97. The van der Waals surface area contributed by atoms with Gasteiger partial charge < -0.3 is 18.9 Å². The van der Waals surface area contributed by atoms with E-state index >= 15 is 0 Å². The molecule has 5 rings (SSSR count).